The van der Waals surface area contributed by atoms with Gasteiger partial charge in [0.05, 0.1) is 5.75 Å². The van der Waals surface area contributed by atoms with Gasteiger partial charge in [-0.05, 0) is 24.6 Å². The second-order valence-corrected chi connectivity index (χ2v) is 6.07. The molecule has 2 N–H and O–H groups in total. The maximum Gasteiger partial charge on any atom is 1.00 e. The van der Waals surface area contributed by atoms with Gasteiger partial charge in [-0.2, -0.15) is 21.0 Å². The van der Waals surface area contributed by atoms with Gasteiger partial charge in [0.15, 0.2) is 0 Å². The van der Waals surface area contributed by atoms with E-state index in [2.05, 4.69) is 17.9 Å². The molecule has 8 heteroatoms. The molecular formula is C11H16NNaO4S2. The quantitative estimate of drug-likeness (QED) is 0.378. The largest absolute Gasteiger partial charge is 1.00 e. The van der Waals surface area contributed by atoms with Crippen LogP contribution in [0.15, 0.2) is 24.3 Å². The van der Waals surface area contributed by atoms with Crippen LogP contribution in [0.5, 0.6) is 0 Å². The van der Waals surface area contributed by atoms with Gasteiger partial charge in [0.25, 0.3) is 16.0 Å². The van der Waals surface area contributed by atoms with Crippen LogP contribution in [0.1, 0.15) is 25.1 Å². The van der Waals surface area contributed by atoms with Gasteiger partial charge in [-0.3, -0.25) is 9.35 Å². The molecule has 1 amide bonds. The molecule has 1 unspecified atom stereocenters. The fourth-order valence-corrected chi connectivity index (χ4v) is 2.59. The van der Waals surface area contributed by atoms with Crippen molar-refractivity contribution < 1.29 is 48.7 Å². The first-order chi connectivity index (χ1) is 8.31. The Balaban J connectivity index is 0. The van der Waals surface area contributed by atoms with Crippen LogP contribution in [-0.2, 0) is 10.1 Å². The predicted octanol–water partition coefficient (Wildman–Crippen LogP) is -1.05. The number of hydrogen-bond donors (Lipinski definition) is 3. The molecular weight excluding hydrogens is 297 g/mol. The summed E-state index contributed by atoms with van der Waals surface area (Å²) in [6, 6.07) is 7.37. The third-order valence-electron chi connectivity index (χ3n) is 2.26. The van der Waals surface area contributed by atoms with Crippen LogP contribution < -0.4 is 34.9 Å². The van der Waals surface area contributed by atoms with Gasteiger partial charge in [0.1, 0.15) is 0 Å². The van der Waals surface area contributed by atoms with E-state index in [4.69, 9.17) is 4.55 Å². The summed E-state index contributed by atoms with van der Waals surface area (Å²) >= 11 is 3.88. The Labute approximate surface area is 142 Å². The number of amides is 1. The van der Waals surface area contributed by atoms with Crippen molar-refractivity contribution in [3.63, 3.8) is 0 Å². The monoisotopic (exact) mass is 313 g/mol. The summed E-state index contributed by atoms with van der Waals surface area (Å²) in [5, 5.41) is 2.43. The summed E-state index contributed by atoms with van der Waals surface area (Å²) in [4.78, 5) is 10.8. The summed E-state index contributed by atoms with van der Waals surface area (Å²) < 4.78 is 28.5. The molecule has 19 heavy (non-hydrogen) atoms. The summed E-state index contributed by atoms with van der Waals surface area (Å²) in [6.07, 6.45) is 0.642. The number of hydrogen-bond acceptors (Lipinski definition) is 4. The number of carbonyl (C=O) groups excluding carboxylic acids is 1. The summed E-state index contributed by atoms with van der Waals surface area (Å²) in [7, 11) is -3.81. The van der Waals surface area contributed by atoms with Crippen molar-refractivity contribution in [2.45, 2.75) is 18.6 Å². The van der Waals surface area contributed by atoms with Gasteiger partial charge >= 0.3 is 29.6 Å². The number of fused-ring (bicyclic) bond motifs is 2. The van der Waals surface area contributed by atoms with Crippen LogP contribution in [0.25, 0.3) is 0 Å². The molecule has 2 bridgehead atoms. The second kappa shape index (κ2) is 8.28. The molecule has 1 aliphatic heterocycles. The molecule has 0 spiro atoms. The molecule has 5 nitrogen and oxygen atoms in total. The maximum absolute atomic E-state index is 10.8. The molecule has 0 saturated heterocycles. The maximum atomic E-state index is 10.8. The van der Waals surface area contributed by atoms with Crippen LogP contribution in [0.3, 0.4) is 0 Å². The zero-order valence-electron chi connectivity index (χ0n) is 11.8. The van der Waals surface area contributed by atoms with E-state index in [9.17, 15) is 13.2 Å². The van der Waals surface area contributed by atoms with E-state index < -0.39 is 10.1 Å². The van der Waals surface area contributed by atoms with Crippen LogP contribution in [-0.4, -0.2) is 29.9 Å². The number of rotatable bonds is 3. The first-order valence-electron chi connectivity index (χ1n) is 5.36. The molecule has 1 atom stereocenters. The molecule has 2 rings (SSSR count). The smallest absolute Gasteiger partial charge is 1.00 e. The minimum absolute atomic E-state index is 0. The number of thiol groups is 1. The molecule has 0 fully saturated rings. The van der Waals surface area contributed by atoms with E-state index in [-0.39, 0.29) is 47.9 Å². The van der Waals surface area contributed by atoms with Gasteiger partial charge in [0, 0.05) is 16.5 Å². The van der Waals surface area contributed by atoms with Crippen molar-refractivity contribution in [2.24, 2.45) is 0 Å². The van der Waals surface area contributed by atoms with E-state index in [1.165, 1.54) is 0 Å². The van der Waals surface area contributed by atoms with Gasteiger partial charge in [-0.25, -0.2) is 0 Å². The molecule has 1 aromatic carbocycles. The van der Waals surface area contributed by atoms with Crippen molar-refractivity contribution in [1.82, 2.24) is 0 Å². The molecule has 1 aliphatic rings. The Hall–Kier alpha value is -0.0500. The van der Waals surface area contributed by atoms with Crippen LogP contribution in [0.2, 0.25) is 0 Å². The molecule has 102 valence electrons. The average molecular weight is 313 g/mol. The first kappa shape index (κ1) is 18.9. The molecule has 0 radical (unpaired) electrons. The Morgan fingerprint density at radius 3 is 2.47 bits per heavy atom. The molecule has 0 aliphatic carbocycles. The summed E-state index contributed by atoms with van der Waals surface area (Å²) in [5.74, 6) is -0.248. The molecule has 1 aromatic rings. The summed E-state index contributed by atoms with van der Waals surface area (Å²) in [6.45, 7) is 1.81. The first-order valence-corrected chi connectivity index (χ1v) is 7.49. The third kappa shape index (κ3) is 7.34. The fraction of sp³-hybridized carbons (Fsp3) is 0.364. The standard InChI is InChI=1S/C7H5NO.C4H10O3S2.Na.H/c9-7-5-2-1-3-6(4-5)8-7;1-2-4(8)3-9(5,6)7;;/h1-4H,(H,8,9);4,8H,2-3H2,1H3,(H,5,6,7);;/q;;+1;-1. The van der Waals surface area contributed by atoms with E-state index in [0.29, 0.717) is 6.42 Å². The predicted molar refractivity (Wildman–Crippen MR) is 75.0 cm³/mol. The Bertz CT molecular complexity index is 539. The van der Waals surface area contributed by atoms with Gasteiger partial charge in [0.2, 0.25) is 0 Å². The van der Waals surface area contributed by atoms with Crippen molar-refractivity contribution in [2.75, 3.05) is 11.1 Å². The van der Waals surface area contributed by atoms with Crippen molar-refractivity contribution >= 4 is 34.3 Å². The van der Waals surface area contributed by atoms with Crippen LogP contribution in [0, 0.1) is 0 Å². The van der Waals surface area contributed by atoms with Crippen molar-refractivity contribution in [3.05, 3.63) is 29.8 Å². The zero-order valence-corrected chi connectivity index (χ0v) is 14.5. The van der Waals surface area contributed by atoms with E-state index in [1.54, 1.807) is 6.07 Å². The second-order valence-electron chi connectivity index (χ2n) is 3.85. The Kier molecular flexibility index (Phi) is 8.26. The number of carbonyl (C=O) groups is 1. The van der Waals surface area contributed by atoms with Crippen LogP contribution in [0.4, 0.5) is 5.69 Å². The number of anilines is 1. The van der Waals surface area contributed by atoms with Gasteiger partial charge < -0.3 is 6.74 Å². The van der Waals surface area contributed by atoms with Gasteiger partial charge in [-0.15, -0.1) is 0 Å². The van der Waals surface area contributed by atoms with Crippen molar-refractivity contribution in [1.29, 1.82) is 0 Å². The fourth-order valence-electron chi connectivity index (χ4n) is 1.30. The summed E-state index contributed by atoms with van der Waals surface area (Å²) in [5.41, 5.74) is 1.66. The van der Waals surface area contributed by atoms with Crippen LogP contribution >= 0.6 is 12.6 Å². The van der Waals surface area contributed by atoms with Crippen molar-refractivity contribution in [3.8, 4) is 0 Å². The van der Waals surface area contributed by atoms with E-state index >= 15 is 0 Å². The SMILES string of the molecule is CCC(S)CS(=O)(=O)O.O=C1Nc2cccc1c2.[H-].[Na+]. The number of benzene rings is 1. The Morgan fingerprint density at radius 2 is 2.11 bits per heavy atom. The average Bonchev–Trinajstić information content (AvgIpc) is 2.51. The molecule has 0 saturated carbocycles. The third-order valence-corrected chi connectivity index (χ3v) is 3.88. The van der Waals surface area contributed by atoms with Gasteiger partial charge in [-0.1, -0.05) is 13.0 Å². The zero-order chi connectivity index (χ0) is 13.8. The topological polar surface area (TPSA) is 83.5 Å². The number of nitrogens with one attached hydrogen (secondary N) is 1. The molecule has 1 heterocycles. The molecule has 0 aromatic heterocycles. The van der Waals surface area contributed by atoms with E-state index in [1.807, 2.05) is 25.1 Å². The minimum atomic E-state index is -3.81. The normalized spacial score (nSPS) is 13.7. The Morgan fingerprint density at radius 1 is 1.47 bits per heavy atom. The van der Waals surface area contributed by atoms with E-state index in [0.717, 1.165) is 11.3 Å². The minimum Gasteiger partial charge on any atom is -1.00 e.